The maximum Gasteiger partial charge on any atom is 0.0624 e. The predicted molar refractivity (Wildman–Crippen MR) is 110 cm³/mol. The van der Waals surface area contributed by atoms with Crippen LogP contribution < -0.4 is 0 Å². The minimum Gasteiger partial charge on any atom is -0.141 e. The van der Waals surface area contributed by atoms with Gasteiger partial charge in [0.1, 0.15) is 0 Å². The van der Waals surface area contributed by atoms with Gasteiger partial charge in [-0.1, -0.05) is 0 Å². The van der Waals surface area contributed by atoms with Gasteiger partial charge in [-0.3, -0.25) is 0 Å². The fourth-order valence-corrected chi connectivity index (χ4v) is 7.76. The number of rotatable bonds is 1. The van der Waals surface area contributed by atoms with Crippen molar-refractivity contribution in [1.82, 2.24) is 0 Å². The first-order chi connectivity index (χ1) is 11.1. The summed E-state index contributed by atoms with van der Waals surface area (Å²) >= 11 is 7.70. The highest BCUT2D eigenvalue weighted by atomic mass is 32.1. The fourth-order valence-electron chi connectivity index (χ4n) is 3.18. The van der Waals surface area contributed by atoms with Crippen molar-refractivity contribution in [1.29, 1.82) is 0 Å². The van der Waals surface area contributed by atoms with Crippen LogP contribution in [0.15, 0.2) is 30.3 Å². The number of hydrogen-bond donors (Lipinski definition) is 0. The van der Waals surface area contributed by atoms with Crippen LogP contribution in [0.25, 0.3) is 40.0 Å². The third kappa shape index (κ3) is 2.13. The Morgan fingerprint density at radius 3 is 2.17 bits per heavy atom. The van der Waals surface area contributed by atoms with Crippen molar-refractivity contribution < 1.29 is 0 Å². The Labute approximate surface area is 150 Å². The van der Waals surface area contributed by atoms with Crippen molar-refractivity contribution in [3.05, 3.63) is 45.0 Å². The zero-order chi connectivity index (χ0) is 15.7. The lowest BCUT2D eigenvalue weighted by Gasteiger charge is -1.90. The van der Waals surface area contributed by atoms with Gasteiger partial charge < -0.3 is 0 Å². The standard InChI is InChI=1S/C19H14S4/c1-9-4-12-6-16-13(7-15(12)20-9)8-17(23-16)19-18-14(11(3)22-19)5-10(2)21-18/h4-8H,1-3H3. The van der Waals surface area contributed by atoms with Gasteiger partial charge >= 0.3 is 0 Å². The highest BCUT2D eigenvalue weighted by Crippen LogP contribution is 2.47. The molecule has 5 rings (SSSR count). The zero-order valence-corrected chi connectivity index (χ0v) is 16.3. The molecule has 114 valence electrons. The molecule has 0 bridgehead atoms. The average Bonchev–Trinajstić information content (AvgIpc) is 3.20. The SMILES string of the molecule is Cc1cc2cc3sc(-c4sc(C)c5cc(C)sc45)cc3cc2s1. The molecule has 4 heterocycles. The van der Waals surface area contributed by atoms with Crippen molar-refractivity contribution in [3.63, 3.8) is 0 Å². The Morgan fingerprint density at radius 1 is 0.652 bits per heavy atom. The third-order valence-corrected chi connectivity index (χ3v) is 8.81. The third-order valence-electron chi connectivity index (χ3n) is 4.20. The summed E-state index contributed by atoms with van der Waals surface area (Å²) in [7, 11) is 0. The van der Waals surface area contributed by atoms with Gasteiger partial charge in [0.25, 0.3) is 0 Å². The molecule has 0 aliphatic rings. The molecule has 4 heteroatoms. The lowest BCUT2D eigenvalue weighted by Crippen LogP contribution is -1.62. The normalized spacial score (nSPS) is 12.1. The molecule has 0 aliphatic carbocycles. The summed E-state index contributed by atoms with van der Waals surface area (Å²) in [5, 5.41) is 4.21. The maximum absolute atomic E-state index is 2.38. The topological polar surface area (TPSA) is 0 Å². The van der Waals surface area contributed by atoms with Gasteiger partial charge in [0.15, 0.2) is 0 Å². The monoisotopic (exact) mass is 370 g/mol. The molecule has 1 aromatic carbocycles. The maximum atomic E-state index is 2.38. The summed E-state index contributed by atoms with van der Waals surface area (Å²) in [6.45, 7) is 6.64. The predicted octanol–water partition coefficient (Wildman–Crippen LogP) is 7.98. The summed E-state index contributed by atoms with van der Waals surface area (Å²) < 4.78 is 4.27. The molecule has 0 fully saturated rings. The van der Waals surface area contributed by atoms with E-state index in [0.717, 1.165) is 0 Å². The van der Waals surface area contributed by atoms with Crippen LogP contribution in [-0.2, 0) is 0 Å². The molecule has 4 aromatic heterocycles. The van der Waals surface area contributed by atoms with E-state index in [1.165, 1.54) is 54.6 Å². The number of thiophene rings is 4. The van der Waals surface area contributed by atoms with E-state index in [4.69, 9.17) is 0 Å². The minimum absolute atomic E-state index is 1.38. The van der Waals surface area contributed by atoms with Crippen LogP contribution in [0.4, 0.5) is 0 Å². The molecule has 0 unspecified atom stereocenters. The van der Waals surface area contributed by atoms with Gasteiger partial charge in [-0.25, -0.2) is 0 Å². The molecule has 0 amide bonds. The number of fused-ring (bicyclic) bond motifs is 3. The van der Waals surface area contributed by atoms with Gasteiger partial charge in [0.2, 0.25) is 0 Å². The van der Waals surface area contributed by atoms with Gasteiger partial charge in [-0.05, 0) is 61.9 Å². The Hall–Kier alpha value is -1.20. The highest BCUT2D eigenvalue weighted by Gasteiger charge is 2.15. The van der Waals surface area contributed by atoms with E-state index in [9.17, 15) is 0 Å². The minimum atomic E-state index is 1.38. The van der Waals surface area contributed by atoms with E-state index < -0.39 is 0 Å². The molecule has 0 radical (unpaired) electrons. The lowest BCUT2D eigenvalue weighted by molar-refractivity contribution is 1.63. The molecule has 0 N–H and O–H groups in total. The number of aryl methyl sites for hydroxylation is 3. The molecule has 23 heavy (non-hydrogen) atoms. The Bertz CT molecular complexity index is 1140. The second-order valence-corrected chi connectivity index (χ2v) is 10.8. The molecule has 5 aromatic rings. The van der Waals surface area contributed by atoms with Crippen molar-refractivity contribution in [3.8, 4) is 9.75 Å². The molecule has 0 saturated carbocycles. The van der Waals surface area contributed by atoms with Crippen molar-refractivity contribution in [2.45, 2.75) is 20.8 Å². The average molecular weight is 371 g/mol. The van der Waals surface area contributed by atoms with Crippen LogP contribution in [-0.4, -0.2) is 0 Å². The van der Waals surface area contributed by atoms with Gasteiger partial charge in [-0.15, -0.1) is 45.3 Å². The van der Waals surface area contributed by atoms with Crippen LogP contribution in [0.2, 0.25) is 0 Å². The van der Waals surface area contributed by atoms with Crippen LogP contribution in [0.3, 0.4) is 0 Å². The van der Waals surface area contributed by atoms with Crippen molar-refractivity contribution in [2.75, 3.05) is 0 Å². The summed E-state index contributed by atoms with van der Waals surface area (Å²) in [4.78, 5) is 7.11. The Balaban J connectivity index is 1.78. The second-order valence-electron chi connectivity index (χ2n) is 5.98. The summed E-state index contributed by atoms with van der Waals surface area (Å²) in [5.41, 5.74) is 0. The molecule has 0 nitrogen and oxygen atoms in total. The van der Waals surface area contributed by atoms with Crippen LogP contribution in [0.1, 0.15) is 14.6 Å². The van der Waals surface area contributed by atoms with Crippen molar-refractivity contribution in [2.24, 2.45) is 0 Å². The van der Waals surface area contributed by atoms with E-state index in [-0.39, 0.29) is 0 Å². The van der Waals surface area contributed by atoms with Crippen LogP contribution in [0.5, 0.6) is 0 Å². The van der Waals surface area contributed by atoms with E-state index >= 15 is 0 Å². The summed E-state index contributed by atoms with van der Waals surface area (Å²) in [5.74, 6) is 0. The van der Waals surface area contributed by atoms with Gasteiger partial charge in [-0.2, -0.15) is 0 Å². The first-order valence-corrected chi connectivity index (χ1v) is 10.8. The number of hydrogen-bond acceptors (Lipinski definition) is 4. The largest absolute Gasteiger partial charge is 0.141 e. The van der Waals surface area contributed by atoms with Crippen molar-refractivity contribution >= 4 is 75.6 Å². The summed E-state index contributed by atoms with van der Waals surface area (Å²) in [6.07, 6.45) is 0. The van der Waals surface area contributed by atoms with Crippen LogP contribution in [0, 0.1) is 20.8 Å². The molecular weight excluding hydrogens is 356 g/mol. The first-order valence-electron chi connectivity index (χ1n) is 7.52. The quantitative estimate of drug-likeness (QED) is 0.280. The highest BCUT2D eigenvalue weighted by molar-refractivity contribution is 7.30. The Kier molecular flexibility index (Phi) is 3.02. The molecule has 0 atom stereocenters. The van der Waals surface area contributed by atoms with E-state index in [2.05, 4.69) is 51.1 Å². The lowest BCUT2D eigenvalue weighted by atomic mass is 10.2. The molecular formula is C19H14S4. The molecule has 0 spiro atoms. The van der Waals surface area contributed by atoms with Crippen LogP contribution >= 0.6 is 45.3 Å². The van der Waals surface area contributed by atoms with E-state index in [1.807, 2.05) is 45.3 Å². The van der Waals surface area contributed by atoms with E-state index in [1.54, 1.807) is 0 Å². The first kappa shape index (κ1) is 14.2. The number of benzene rings is 1. The fraction of sp³-hybridized carbons (Fsp3) is 0.158. The smallest absolute Gasteiger partial charge is 0.0624 e. The molecule has 0 saturated heterocycles. The second kappa shape index (κ2) is 4.90. The van der Waals surface area contributed by atoms with E-state index in [0.29, 0.717) is 0 Å². The van der Waals surface area contributed by atoms with Gasteiger partial charge in [0.05, 0.1) is 9.58 Å². The summed E-state index contributed by atoms with van der Waals surface area (Å²) in [6, 6.07) is 11.7. The zero-order valence-electron chi connectivity index (χ0n) is 13.0. The van der Waals surface area contributed by atoms with Gasteiger partial charge in [0, 0.05) is 34.3 Å². The Morgan fingerprint density at radius 2 is 1.35 bits per heavy atom. The molecule has 0 aliphatic heterocycles.